The van der Waals surface area contributed by atoms with Crippen LogP contribution in [0.5, 0.6) is 0 Å². The van der Waals surface area contributed by atoms with Gasteiger partial charge < -0.3 is 10.3 Å². The Balaban J connectivity index is 1.99. The summed E-state index contributed by atoms with van der Waals surface area (Å²) in [7, 11) is 0. The second kappa shape index (κ2) is 5.08. The maximum Gasteiger partial charge on any atom is 0.201 e. The molecule has 0 saturated heterocycles. The number of hydrogen-bond acceptors (Lipinski definition) is 2. The number of aromatic nitrogens is 2. The van der Waals surface area contributed by atoms with E-state index in [0.29, 0.717) is 23.1 Å². The van der Waals surface area contributed by atoms with Crippen LogP contribution in [0.25, 0.3) is 11.0 Å². The van der Waals surface area contributed by atoms with E-state index in [1.807, 2.05) is 6.07 Å². The molecule has 0 bridgehead atoms. The molecule has 0 atom stereocenters. The van der Waals surface area contributed by atoms with Gasteiger partial charge in [0.1, 0.15) is 5.82 Å². The fraction of sp³-hybridized carbons (Fsp3) is 0.562. The van der Waals surface area contributed by atoms with Crippen LogP contribution < -0.4 is 5.73 Å². The highest BCUT2D eigenvalue weighted by Gasteiger charge is 2.24. The summed E-state index contributed by atoms with van der Waals surface area (Å²) in [6.07, 6.45) is 6.05. The summed E-state index contributed by atoms with van der Waals surface area (Å²) in [4.78, 5) is 4.33. The second-order valence-electron chi connectivity index (χ2n) is 6.01. The number of rotatable bonds is 2. The van der Waals surface area contributed by atoms with E-state index in [4.69, 9.17) is 5.73 Å². The van der Waals surface area contributed by atoms with Crippen molar-refractivity contribution in [1.29, 1.82) is 0 Å². The third kappa shape index (κ3) is 2.17. The third-order valence-corrected chi connectivity index (χ3v) is 4.76. The monoisotopic (exact) mass is 275 g/mol. The lowest BCUT2D eigenvalue weighted by molar-refractivity contribution is 0.275. The molecular weight excluding hydrogens is 253 g/mol. The largest absolute Gasteiger partial charge is 0.369 e. The van der Waals surface area contributed by atoms with E-state index < -0.39 is 0 Å². The number of hydrogen-bond donors (Lipinski definition) is 1. The van der Waals surface area contributed by atoms with Crippen molar-refractivity contribution in [2.24, 2.45) is 5.92 Å². The first kappa shape index (κ1) is 13.4. The van der Waals surface area contributed by atoms with Gasteiger partial charge in [-0.25, -0.2) is 9.37 Å². The van der Waals surface area contributed by atoms with Gasteiger partial charge in [-0.2, -0.15) is 0 Å². The summed E-state index contributed by atoms with van der Waals surface area (Å²) in [6, 6.07) is 3.78. The molecule has 1 aliphatic carbocycles. The van der Waals surface area contributed by atoms with Crippen molar-refractivity contribution in [2.45, 2.75) is 52.0 Å². The maximum absolute atomic E-state index is 13.6. The van der Waals surface area contributed by atoms with E-state index in [1.54, 1.807) is 6.92 Å². The normalized spacial score (nSPS) is 23.4. The lowest BCUT2D eigenvalue weighted by Crippen LogP contribution is -2.19. The average Bonchev–Trinajstić information content (AvgIpc) is 2.75. The minimum atomic E-state index is -0.211. The molecule has 20 heavy (non-hydrogen) atoms. The van der Waals surface area contributed by atoms with Gasteiger partial charge in [-0.3, -0.25) is 0 Å². The summed E-state index contributed by atoms with van der Waals surface area (Å²) in [5.41, 5.74) is 8.38. The van der Waals surface area contributed by atoms with Gasteiger partial charge in [0, 0.05) is 12.1 Å². The minimum absolute atomic E-state index is 0.211. The van der Waals surface area contributed by atoms with E-state index in [9.17, 15) is 4.39 Å². The Hall–Kier alpha value is -1.58. The maximum atomic E-state index is 13.6. The van der Waals surface area contributed by atoms with Gasteiger partial charge >= 0.3 is 0 Å². The van der Waals surface area contributed by atoms with E-state index in [1.165, 1.54) is 25.3 Å². The number of benzene rings is 1. The molecule has 1 aromatic heterocycles. The fourth-order valence-electron chi connectivity index (χ4n) is 3.43. The van der Waals surface area contributed by atoms with Crippen molar-refractivity contribution in [2.75, 3.05) is 5.73 Å². The Labute approximate surface area is 119 Å². The van der Waals surface area contributed by atoms with Crippen molar-refractivity contribution in [3.63, 3.8) is 0 Å². The van der Waals surface area contributed by atoms with E-state index in [0.717, 1.165) is 24.3 Å². The van der Waals surface area contributed by atoms with Crippen molar-refractivity contribution >= 4 is 17.0 Å². The summed E-state index contributed by atoms with van der Waals surface area (Å²) < 4.78 is 15.8. The molecule has 1 saturated carbocycles. The van der Waals surface area contributed by atoms with Gasteiger partial charge in [-0.05, 0) is 50.2 Å². The van der Waals surface area contributed by atoms with E-state index in [2.05, 4.69) is 16.5 Å². The van der Waals surface area contributed by atoms with Gasteiger partial charge in [-0.1, -0.05) is 13.3 Å². The van der Waals surface area contributed by atoms with Crippen LogP contribution in [0, 0.1) is 18.7 Å². The summed E-state index contributed by atoms with van der Waals surface area (Å²) >= 11 is 0. The quantitative estimate of drug-likeness (QED) is 0.892. The summed E-state index contributed by atoms with van der Waals surface area (Å²) in [6.45, 7) is 4.05. The first-order valence-corrected chi connectivity index (χ1v) is 7.53. The second-order valence-corrected chi connectivity index (χ2v) is 6.01. The molecule has 1 aliphatic rings. The van der Waals surface area contributed by atoms with Crippen LogP contribution in [0.2, 0.25) is 0 Å². The van der Waals surface area contributed by atoms with Gasteiger partial charge in [0.15, 0.2) is 0 Å². The molecule has 0 radical (unpaired) electrons. The fourth-order valence-corrected chi connectivity index (χ4v) is 3.43. The van der Waals surface area contributed by atoms with Crippen LogP contribution in [0.4, 0.5) is 10.3 Å². The highest BCUT2D eigenvalue weighted by atomic mass is 19.1. The Morgan fingerprint density at radius 1 is 1.30 bits per heavy atom. The molecular formula is C16H22FN3. The molecule has 1 heterocycles. The topological polar surface area (TPSA) is 43.8 Å². The zero-order chi connectivity index (χ0) is 14.3. The van der Waals surface area contributed by atoms with E-state index in [-0.39, 0.29) is 5.82 Å². The van der Waals surface area contributed by atoms with Crippen LogP contribution >= 0.6 is 0 Å². The first-order valence-electron chi connectivity index (χ1n) is 7.53. The van der Waals surface area contributed by atoms with Crippen LogP contribution in [-0.2, 0) is 0 Å². The van der Waals surface area contributed by atoms with Crippen molar-refractivity contribution in [3.05, 3.63) is 23.5 Å². The van der Waals surface area contributed by atoms with Crippen molar-refractivity contribution in [3.8, 4) is 0 Å². The zero-order valence-electron chi connectivity index (χ0n) is 12.2. The Kier molecular flexibility index (Phi) is 3.40. The molecule has 0 spiro atoms. The number of imidazole rings is 1. The number of nitrogen functional groups attached to an aromatic ring is 1. The average molecular weight is 275 g/mol. The highest BCUT2D eigenvalue weighted by Crippen LogP contribution is 2.37. The molecule has 1 fully saturated rings. The highest BCUT2D eigenvalue weighted by molar-refractivity contribution is 5.79. The Morgan fingerprint density at radius 3 is 2.65 bits per heavy atom. The predicted molar refractivity (Wildman–Crippen MR) is 80.1 cm³/mol. The van der Waals surface area contributed by atoms with Gasteiger partial charge in [0.25, 0.3) is 0 Å². The summed E-state index contributed by atoms with van der Waals surface area (Å²) in [5, 5.41) is 0. The number of fused-ring (bicyclic) bond motifs is 1. The Morgan fingerprint density at radius 2 is 2.00 bits per heavy atom. The predicted octanol–water partition coefficient (Wildman–Crippen LogP) is 4.21. The van der Waals surface area contributed by atoms with Crippen LogP contribution in [-0.4, -0.2) is 9.55 Å². The molecule has 2 N–H and O–H groups in total. The molecule has 0 amide bonds. The molecule has 1 aromatic carbocycles. The van der Waals surface area contributed by atoms with Crippen LogP contribution in [0.1, 0.15) is 50.6 Å². The lowest BCUT2D eigenvalue weighted by Gasteiger charge is -2.29. The zero-order valence-corrected chi connectivity index (χ0v) is 12.2. The van der Waals surface area contributed by atoms with Crippen molar-refractivity contribution < 1.29 is 4.39 Å². The summed E-state index contributed by atoms with van der Waals surface area (Å²) in [5.74, 6) is 1.16. The third-order valence-electron chi connectivity index (χ3n) is 4.76. The first-order chi connectivity index (χ1) is 9.60. The molecule has 0 aliphatic heterocycles. The van der Waals surface area contributed by atoms with Gasteiger partial charge in [0.05, 0.1) is 11.0 Å². The molecule has 108 valence electrons. The smallest absolute Gasteiger partial charge is 0.201 e. The van der Waals surface area contributed by atoms with Crippen LogP contribution in [0.15, 0.2) is 12.1 Å². The number of halogens is 1. The number of anilines is 1. The van der Waals surface area contributed by atoms with Gasteiger partial charge in [-0.15, -0.1) is 0 Å². The number of nitrogens with zero attached hydrogens (tertiary/aromatic N) is 2. The molecule has 4 heteroatoms. The van der Waals surface area contributed by atoms with Crippen molar-refractivity contribution in [1.82, 2.24) is 9.55 Å². The standard InChI is InChI=1S/C16H22FN3/c1-3-11-4-6-12(7-5-11)20-15-8-10(2)13(17)9-14(15)19-16(20)18/h8-9,11-12H,3-7H2,1-2H3,(H2,18,19). The number of nitrogens with two attached hydrogens (primary N) is 1. The molecule has 3 nitrogen and oxygen atoms in total. The Bertz CT molecular complexity index is 624. The van der Waals surface area contributed by atoms with Gasteiger partial charge in [0.2, 0.25) is 5.95 Å². The number of aryl methyl sites for hydroxylation is 1. The molecule has 2 aromatic rings. The molecule has 0 unspecified atom stereocenters. The molecule has 3 rings (SSSR count). The SMILES string of the molecule is CCC1CCC(n2c(N)nc3cc(F)c(C)cc32)CC1. The van der Waals surface area contributed by atoms with E-state index >= 15 is 0 Å². The lowest BCUT2D eigenvalue weighted by atomic mass is 9.84. The minimum Gasteiger partial charge on any atom is -0.369 e. The van der Waals surface area contributed by atoms with Crippen LogP contribution in [0.3, 0.4) is 0 Å².